The van der Waals surface area contributed by atoms with Crippen molar-refractivity contribution in [3.8, 4) is 11.5 Å². The van der Waals surface area contributed by atoms with Crippen molar-refractivity contribution in [1.82, 2.24) is 19.8 Å². The molecule has 1 amide bonds. The summed E-state index contributed by atoms with van der Waals surface area (Å²) >= 11 is -2.80. The fourth-order valence-electron chi connectivity index (χ4n) is 5.22. The van der Waals surface area contributed by atoms with Gasteiger partial charge in [0, 0.05) is 48.7 Å². The normalized spacial score (nSPS) is 14.8. The highest BCUT2D eigenvalue weighted by Gasteiger charge is 2.23. The predicted molar refractivity (Wildman–Crippen MR) is 172 cm³/mol. The van der Waals surface area contributed by atoms with E-state index in [4.69, 9.17) is 14.5 Å². The Kier molecular flexibility index (Phi) is 9.90. The smallest absolute Gasteiger partial charge is 0.238 e. The lowest BCUT2D eigenvalue weighted by Gasteiger charge is -2.34. The molecule has 1 saturated heterocycles. The number of hydrogen-bond donors (Lipinski definition) is 2. The van der Waals surface area contributed by atoms with Crippen molar-refractivity contribution in [2.24, 2.45) is 0 Å². The zero-order valence-electron chi connectivity index (χ0n) is 25.1. The van der Waals surface area contributed by atoms with Crippen LogP contribution in [-0.2, 0) is 16.1 Å². The number of methoxy groups -OCH3 is 2. The molecule has 0 bridgehead atoms. The highest BCUT2D eigenvalue weighted by molar-refractivity contribution is 7.81. The molecule has 2 heterocycles. The van der Waals surface area contributed by atoms with Crippen molar-refractivity contribution < 1.29 is 23.0 Å². The van der Waals surface area contributed by atoms with Gasteiger partial charge in [-0.3, -0.25) is 18.2 Å². The van der Waals surface area contributed by atoms with Crippen LogP contribution in [0.25, 0.3) is 11.0 Å². The molecular formula is C31H36N7O5S-. The van der Waals surface area contributed by atoms with Gasteiger partial charge >= 0.3 is 0 Å². The molecular weight excluding hydrogens is 582 g/mol. The molecule has 0 aliphatic carbocycles. The molecule has 1 aliphatic heterocycles. The molecule has 4 aromatic rings. The van der Waals surface area contributed by atoms with Gasteiger partial charge in [-0.1, -0.05) is 18.2 Å². The number of fused-ring (bicyclic) bond motifs is 1. The van der Waals surface area contributed by atoms with Crippen LogP contribution in [0.2, 0.25) is 0 Å². The first-order valence-electron chi connectivity index (χ1n) is 14.2. The van der Waals surface area contributed by atoms with Crippen molar-refractivity contribution in [3.63, 3.8) is 0 Å². The summed E-state index contributed by atoms with van der Waals surface area (Å²) in [6, 6.07) is 19.5. The van der Waals surface area contributed by atoms with Gasteiger partial charge in [-0.05, 0) is 57.3 Å². The van der Waals surface area contributed by atoms with Gasteiger partial charge in [0.1, 0.15) is 11.5 Å². The predicted octanol–water partition coefficient (Wildman–Crippen LogP) is 4.29. The van der Waals surface area contributed by atoms with Gasteiger partial charge in [-0.25, -0.2) is 9.97 Å². The number of amides is 1. The van der Waals surface area contributed by atoms with E-state index in [1.54, 1.807) is 74.9 Å². The highest BCUT2D eigenvalue weighted by Crippen LogP contribution is 2.36. The van der Waals surface area contributed by atoms with Crippen molar-refractivity contribution in [3.05, 3.63) is 66.7 Å². The van der Waals surface area contributed by atoms with Crippen LogP contribution in [0.3, 0.4) is 0 Å². The van der Waals surface area contributed by atoms with E-state index in [-0.39, 0.29) is 29.8 Å². The molecule has 1 aliphatic rings. The maximum Gasteiger partial charge on any atom is 0.238 e. The van der Waals surface area contributed by atoms with Crippen LogP contribution in [0, 0.1) is 0 Å². The number of piperidine rings is 1. The molecule has 12 nitrogen and oxygen atoms in total. The summed E-state index contributed by atoms with van der Waals surface area (Å²) in [4.78, 5) is 26.7. The van der Waals surface area contributed by atoms with Crippen LogP contribution in [0.15, 0.2) is 66.7 Å². The van der Waals surface area contributed by atoms with E-state index in [0.29, 0.717) is 39.9 Å². The van der Waals surface area contributed by atoms with Crippen LogP contribution >= 0.6 is 0 Å². The lowest BCUT2D eigenvalue weighted by molar-refractivity contribution is -0.117. The van der Waals surface area contributed by atoms with Crippen LogP contribution in [0.4, 0.5) is 28.7 Å². The van der Waals surface area contributed by atoms with Crippen LogP contribution in [0.5, 0.6) is 11.5 Å². The Morgan fingerprint density at radius 1 is 0.955 bits per heavy atom. The number of carbonyl (C=O) groups is 1. The Balaban J connectivity index is 1.44. The molecule has 232 valence electrons. The third-order valence-corrected chi connectivity index (χ3v) is 8.21. The van der Waals surface area contributed by atoms with E-state index in [2.05, 4.69) is 39.5 Å². The molecule has 3 aromatic carbocycles. The first-order chi connectivity index (χ1) is 21.2. The third-order valence-electron chi connectivity index (χ3n) is 7.53. The van der Waals surface area contributed by atoms with Crippen LogP contribution in [0.1, 0.15) is 12.8 Å². The fraction of sp³-hybridized carbons (Fsp3) is 0.323. The van der Waals surface area contributed by atoms with E-state index in [1.165, 1.54) is 0 Å². The number of nitrogens with one attached hydrogen (secondary N) is 2. The summed E-state index contributed by atoms with van der Waals surface area (Å²) in [6.45, 7) is 1.94. The molecule has 5 rings (SSSR count). The number of rotatable bonds is 11. The Hall–Kier alpha value is -4.30. The molecule has 1 aromatic heterocycles. The molecule has 1 atom stereocenters. The number of anilines is 5. The Morgan fingerprint density at radius 2 is 1.61 bits per heavy atom. The Morgan fingerprint density at radius 3 is 2.23 bits per heavy atom. The van der Waals surface area contributed by atoms with E-state index in [0.717, 1.165) is 30.2 Å². The quantitative estimate of drug-likeness (QED) is 0.235. The van der Waals surface area contributed by atoms with Gasteiger partial charge in [0.15, 0.2) is 11.6 Å². The monoisotopic (exact) mass is 618 g/mol. The van der Waals surface area contributed by atoms with Crippen molar-refractivity contribution in [2.75, 3.05) is 62.9 Å². The van der Waals surface area contributed by atoms with Gasteiger partial charge in [-0.15, -0.1) is 0 Å². The van der Waals surface area contributed by atoms with Gasteiger partial charge < -0.3 is 29.6 Å². The average molecular weight is 619 g/mol. The zero-order chi connectivity index (χ0) is 31.2. The Labute approximate surface area is 259 Å². The zero-order valence-corrected chi connectivity index (χ0v) is 26.0. The number of carbonyl (C=O) groups excluding carboxylic acids is 1. The first-order valence-corrected chi connectivity index (χ1v) is 15.2. The summed E-state index contributed by atoms with van der Waals surface area (Å²) in [5.74, 6) is 1.15. The topological polar surface area (TPSA) is 135 Å². The minimum absolute atomic E-state index is 0.0473. The molecule has 13 heteroatoms. The number of para-hydroxylation sites is 2. The van der Waals surface area contributed by atoms with E-state index < -0.39 is 11.3 Å². The van der Waals surface area contributed by atoms with Gasteiger partial charge in [-0.2, -0.15) is 0 Å². The summed E-state index contributed by atoms with van der Waals surface area (Å²) in [7, 11) is 7.25. The standard InChI is InChI=1S/C31H37N7O5S/c1-36(2)23-12-14-37(15-13-23)20-29(39)32-21-8-7-9-24(16-21)38(44(40)41)31-30(34-27-10-5-6-11-28(27)35-31)33-22-17-25(42-3)19-26(18-22)43-4/h5-11,16-19,23H,12-15,20H2,1-4H3,(H,32,39)(H,33,34)(H,40,41)/p-1. The van der Waals surface area contributed by atoms with E-state index in [9.17, 15) is 13.6 Å². The molecule has 2 N–H and O–H groups in total. The van der Waals surface area contributed by atoms with Gasteiger partial charge in [0.05, 0.1) is 48.8 Å². The second-order valence-corrected chi connectivity index (χ2v) is 11.5. The number of likely N-dealkylation sites (tertiary alicyclic amines) is 1. The molecule has 44 heavy (non-hydrogen) atoms. The van der Waals surface area contributed by atoms with Gasteiger partial charge in [0.25, 0.3) is 0 Å². The first kappa shape index (κ1) is 31.1. The molecule has 1 unspecified atom stereocenters. The van der Waals surface area contributed by atoms with Crippen molar-refractivity contribution >= 4 is 56.9 Å². The summed E-state index contributed by atoms with van der Waals surface area (Å²) in [5, 5.41) is 6.11. The highest BCUT2D eigenvalue weighted by atomic mass is 32.2. The lowest BCUT2D eigenvalue weighted by atomic mass is 10.0. The number of nitrogens with zero attached hydrogens (tertiary/aromatic N) is 5. The molecule has 0 saturated carbocycles. The second kappa shape index (κ2) is 14.0. The largest absolute Gasteiger partial charge is 0.755 e. The summed E-state index contributed by atoms with van der Waals surface area (Å²) in [6.07, 6.45) is 2.01. The molecule has 0 spiro atoms. The lowest BCUT2D eigenvalue weighted by Crippen LogP contribution is -2.44. The Bertz CT molecular complexity index is 1620. The van der Waals surface area contributed by atoms with E-state index in [1.807, 2.05) is 6.07 Å². The third kappa shape index (κ3) is 7.42. The maximum atomic E-state index is 12.9. The number of benzene rings is 3. The van der Waals surface area contributed by atoms with Crippen LogP contribution < -0.4 is 24.4 Å². The number of ether oxygens (including phenoxy) is 2. The second-order valence-electron chi connectivity index (χ2n) is 10.7. The average Bonchev–Trinajstić information content (AvgIpc) is 3.01. The SMILES string of the molecule is COc1cc(Nc2nc3ccccc3nc2N(c2cccc(NC(=O)CN3CCC(N(C)C)CC3)c2)S(=O)[O-])cc(OC)c1. The van der Waals surface area contributed by atoms with Crippen molar-refractivity contribution in [2.45, 2.75) is 18.9 Å². The van der Waals surface area contributed by atoms with E-state index >= 15 is 0 Å². The molecule has 1 fully saturated rings. The summed E-state index contributed by atoms with van der Waals surface area (Å²) < 4.78 is 37.4. The van der Waals surface area contributed by atoms with Crippen LogP contribution in [-0.4, -0.2) is 88.4 Å². The van der Waals surface area contributed by atoms with Gasteiger partial charge in [0.2, 0.25) is 5.91 Å². The minimum Gasteiger partial charge on any atom is -0.755 e. The fourth-order valence-corrected chi connectivity index (χ4v) is 5.77. The summed E-state index contributed by atoms with van der Waals surface area (Å²) in [5.41, 5.74) is 2.38. The minimum atomic E-state index is -2.80. The van der Waals surface area contributed by atoms with Crippen molar-refractivity contribution in [1.29, 1.82) is 0 Å². The maximum absolute atomic E-state index is 12.9. The number of aromatic nitrogens is 2. The molecule has 0 radical (unpaired) electrons. The number of hydrogen-bond acceptors (Lipinski definition) is 10.